The molecule has 1 saturated heterocycles. The minimum atomic E-state index is 0.0935. The third-order valence-electron chi connectivity index (χ3n) is 9.22. The van der Waals surface area contributed by atoms with E-state index < -0.39 is 0 Å². The molecule has 190 valence electrons. The van der Waals surface area contributed by atoms with Gasteiger partial charge < -0.3 is 15.1 Å². The maximum Gasteiger partial charge on any atom is 0.254 e. The van der Waals surface area contributed by atoms with Crippen LogP contribution in [0.3, 0.4) is 0 Å². The van der Waals surface area contributed by atoms with Gasteiger partial charge in [0.05, 0.1) is 10.7 Å². The summed E-state index contributed by atoms with van der Waals surface area (Å²) in [4.78, 5) is 30.1. The minimum Gasteiger partial charge on any atom is -0.367 e. The first-order chi connectivity index (χ1) is 17.4. The summed E-state index contributed by atoms with van der Waals surface area (Å²) >= 11 is 6.69. The van der Waals surface area contributed by atoms with Gasteiger partial charge >= 0.3 is 0 Å². The Balaban J connectivity index is 1.05. The van der Waals surface area contributed by atoms with Crippen LogP contribution in [0.1, 0.15) is 60.9 Å². The quantitative estimate of drug-likeness (QED) is 0.529. The molecule has 5 nitrogen and oxygen atoms in total. The van der Waals surface area contributed by atoms with Gasteiger partial charge in [-0.2, -0.15) is 0 Å². The molecular formula is C30H36ClN3O2. The maximum atomic E-state index is 13.0. The van der Waals surface area contributed by atoms with E-state index in [9.17, 15) is 9.59 Å². The Morgan fingerprint density at radius 1 is 0.944 bits per heavy atom. The fourth-order valence-corrected chi connectivity index (χ4v) is 8.33. The predicted molar refractivity (Wildman–Crippen MR) is 145 cm³/mol. The van der Waals surface area contributed by atoms with Crippen molar-refractivity contribution in [3.05, 3.63) is 58.6 Å². The van der Waals surface area contributed by atoms with Crippen LogP contribution in [0.2, 0.25) is 5.02 Å². The van der Waals surface area contributed by atoms with Gasteiger partial charge in [-0.1, -0.05) is 29.8 Å². The average molecular weight is 506 g/mol. The number of hydrogen-bond acceptors (Lipinski definition) is 3. The Morgan fingerprint density at radius 2 is 1.58 bits per heavy atom. The standard InChI is InChI=1S/C30H36ClN3O2/c1-20-4-2-3-5-25(20)29(36)34-10-8-33(9-11-34)27-7-6-24(15-26(27)31)32-28(35)19-30-16-21-12-22(17-30)14-23(13-21)18-30/h2-7,15,21-23H,8-14,16-19H2,1H3,(H,32,35). The van der Waals surface area contributed by atoms with Gasteiger partial charge in [-0.25, -0.2) is 0 Å². The topological polar surface area (TPSA) is 52.7 Å². The van der Waals surface area contributed by atoms with E-state index in [4.69, 9.17) is 11.6 Å². The van der Waals surface area contributed by atoms with Crippen LogP contribution in [0, 0.1) is 30.1 Å². The lowest BCUT2D eigenvalue weighted by atomic mass is 9.49. The van der Waals surface area contributed by atoms with Crippen molar-refractivity contribution in [2.24, 2.45) is 23.2 Å². The number of anilines is 2. The molecule has 2 aromatic carbocycles. The molecular weight excluding hydrogens is 470 g/mol. The van der Waals surface area contributed by atoms with Crippen LogP contribution in [0.15, 0.2) is 42.5 Å². The Bertz CT molecular complexity index is 1140. The van der Waals surface area contributed by atoms with Crippen molar-refractivity contribution in [3.8, 4) is 0 Å². The molecule has 1 heterocycles. The van der Waals surface area contributed by atoms with Gasteiger partial charge in [0.1, 0.15) is 0 Å². The number of nitrogens with one attached hydrogen (secondary N) is 1. The molecule has 2 amide bonds. The van der Waals surface area contributed by atoms with E-state index in [0.29, 0.717) is 24.5 Å². The van der Waals surface area contributed by atoms with Gasteiger partial charge in [-0.3, -0.25) is 9.59 Å². The van der Waals surface area contributed by atoms with Crippen LogP contribution in [0.25, 0.3) is 0 Å². The molecule has 0 radical (unpaired) electrons. The summed E-state index contributed by atoms with van der Waals surface area (Å²) in [6.45, 7) is 4.76. The van der Waals surface area contributed by atoms with Crippen LogP contribution in [0.5, 0.6) is 0 Å². The van der Waals surface area contributed by atoms with E-state index in [1.54, 1.807) is 0 Å². The number of hydrogen-bond donors (Lipinski definition) is 1. The lowest BCUT2D eigenvalue weighted by molar-refractivity contribution is -0.124. The molecule has 0 atom stereocenters. The van der Waals surface area contributed by atoms with Crippen molar-refractivity contribution < 1.29 is 9.59 Å². The number of benzene rings is 2. The van der Waals surface area contributed by atoms with Gasteiger partial charge in [-0.15, -0.1) is 0 Å². The van der Waals surface area contributed by atoms with Gasteiger partial charge in [0.2, 0.25) is 5.91 Å². The molecule has 4 aliphatic carbocycles. The third-order valence-corrected chi connectivity index (χ3v) is 9.52. The molecule has 7 rings (SSSR count). The number of halogens is 1. The first kappa shape index (κ1) is 23.8. The van der Waals surface area contributed by atoms with E-state index in [1.807, 2.05) is 54.3 Å². The average Bonchev–Trinajstić information content (AvgIpc) is 2.83. The summed E-state index contributed by atoms with van der Waals surface area (Å²) in [5.74, 6) is 2.78. The van der Waals surface area contributed by atoms with Crippen LogP contribution in [-0.2, 0) is 4.79 Å². The molecule has 1 aliphatic heterocycles. The number of carbonyl (C=O) groups excluding carboxylic acids is 2. The van der Waals surface area contributed by atoms with E-state index in [-0.39, 0.29) is 17.2 Å². The fourth-order valence-electron chi connectivity index (χ4n) is 8.03. The van der Waals surface area contributed by atoms with Gasteiger partial charge in [0, 0.05) is 43.9 Å². The van der Waals surface area contributed by atoms with E-state index in [2.05, 4.69) is 10.2 Å². The maximum absolute atomic E-state index is 13.0. The summed E-state index contributed by atoms with van der Waals surface area (Å²) in [6.07, 6.45) is 8.55. The van der Waals surface area contributed by atoms with Crippen molar-refractivity contribution in [1.82, 2.24) is 4.90 Å². The number of carbonyl (C=O) groups is 2. The molecule has 4 bridgehead atoms. The van der Waals surface area contributed by atoms with E-state index in [1.165, 1.54) is 38.5 Å². The molecule has 5 fully saturated rings. The Labute approximate surface area is 219 Å². The Kier molecular flexibility index (Phi) is 6.23. The van der Waals surface area contributed by atoms with Gasteiger partial charge in [0.25, 0.3) is 5.91 Å². The molecule has 1 N–H and O–H groups in total. The number of amides is 2. The Hall–Kier alpha value is -2.53. The highest BCUT2D eigenvalue weighted by atomic mass is 35.5. The summed E-state index contributed by atoms with van der Waals surface area (Å²) in [7, 11) is 0. The highest BCUT2D eigenvalue weighted by molar-refractivity contribution is 6.33. The number of rotatable bonds is 5. The number of aryl methyl sites for hydroxylation is 1. The molecule has 5 aliphatic rings. The highest BCUT2D eigenvalue weighted by Crippen LogP contribution is 2.61. The SMILES string of the molecule is Cc1ccccc1C(=O)N1CCN(c2ccc(NC(=O)CC34CC5CC(CC(C5)C3)C4)cc2Cl)CC1. The lowest BCUT2D eigenvalue weighted by Crippen LogP contribution is -2.49. The smallest absolute Gasteiger partial charge is 0.254 e. The summed E-state index contributed by atoms with van der Waals surface area (Å²) in [6, 6.07) is 13.6. The summed E-state index contributed by atoms with van der Waals surface area (Å²) in [5.41, 5.74) is 3.75. The molecule has 0 unspecified atom stereocenters. The summed E-state index contributed by atoms with van der Waals surface area (Å²) in [5, 5.41) is 3.78. The Morgan fingerprint density at radius 3 is 2.19 bits per heavy atom. The molecule has 2 aromatic rings. The van der Waals surface area contributed by atoms with Crippen molar-refractivity contribution in [1.29, 1.82) is 0 Å². The van der Waals surface area contributed by atoms with Crippen molar-refractivity contribution in [2.45, 2.75) is 51.9 Å². The van der Waals surface area contributed by atoms with Crippen molar-refractivity contribution in [2.75, 3.05) is 36.4 Å². The predicted octanol–water partition coefficient (Wildman–Crippen LogP) is 6.16. The van der Waals surface area contributed by atoms with Crippen LogP contribution in [-0.4, -0.2) is 42.9 Å². The molecule has 0 spiro atoms. The minimum absolute atomic E-state index is 0.0935. The van der Waals surface area contributed by atoms with Crippen molar-refractivity contribution in [3.63, 3.8) is 0 Å². The fraction of sp³-hybridized carbons (Fsp3) is 0.533. The zero-order valence-electron chi connectivity index (χ0n) is 21.1. The zero-order chi connectivity index (χ0) is 24.9. The van der Waals surface area contributed by atoms with Crippen LogP contribution in [0.4, 0.5) is 11.4 Å². The molecule has 36 heavy (non-hydrogen) atoms. The van der Waals surface area contributed by atoms with Crippen molar-refractivity contribution >= 4 is 34.8 Å². The number of piperazine rings is 1. The normalized spacial score (nSPS) is 28.9. The first-order valence-electron chi connectivity index (χ1n) is 13.6. The first-order valence-corrected chi connectivity index (χ1v) is 13.9. The highest BCUT2D eigenvalue weighted by Gasteiger charge is 2.51. The van der Waals surface area contributed by atoms with Gasteiger partial charge in [0.15, 0.2) is 0 Å². The van der Waals surface area contributed by atoms with E-state index >= 15 is 0 Å². The summed E-state index contributed by atoms with van der Waals surface area (Å²) < 4.78 is 0. The second-order valence-corrected chi connectivity index (χ2v) is 12.3. The lowest BCUT2D eigenvalue weighted by Gasteiger charge is -2.56. The van der Waals surface area contributed by atoms with E-state index in [0.717, 1.165) is 53.3 Å². The molecule has 6 heteroatoms. The zero-order valence-corrected chi connectivity index (χ0v) is 21.9. The van der Waals surface area contributed by atoms with Crippen LogP contribution >= 0.6 is 11.6 Å². The number of nitrogens with zero attached hydrogens (tertiary/aromatic N) is 2. The molecule has 4 saturated carbocycles. The monoisotopic (exact) mass is 505 g/mol. The third kappa shape index (κ3) is 4.63. The second-order valence-electron chi connectivity index (χ2n) is 11.9. The largest absolute Gasteiger partial charge is 0.367 e. The van der Waals surface area contributed by atoms with Crippen LogP contribution < -0.4 is 10.2 Å². The molecule has 0 aromatic heterocycles. The second kappa shape index (κ2) is 9.41. The van der Waals surface area contributed by atoms with Gasteiger partial charge in [-0.05, 0) is 98.4 Å².